The first-order chi connectivity index (χ1) is 8.62. The van der Waals surface area contributed by atoms with Crippen molar-refractivity contribution in [2.24, 2.45) is 5.73 Å². The van der Waals surface area contributed by atoms with Gasteiger partial charge in [0.15, 0.2) is 0 Å². The van der Waals surface area contributed by atoms with E-state index >= 15 is 0 Å². The van der Waals surface area contributed by atoms with E-state index in [1.54, 1.807) is 6.07 Å². The smallest absolute Gasteiger partial charge is 0.273 e. The van der Waals surface area contributed by atoms with Crippen molar-refractivity contribution in [2.45, 2.75) is 16.9 Å². The average Bonchev–Trinajstić information content (AvgIpc) is 2.87. The van der Waals surface area contributed by atoms with Crippen LogP contribution in [0.2, 0.25) is 0 Å². The van der Waals surface area contributed by atoms with Crippen molar-refractivity contribution in [3.05, 3.63) is 17.9 Å². The zero-order chi connectivity index (χ0) is 13.0. The van der Waals surface area contributed by atoms with Crippen LogP contribution >= 0.6 is 23.5 Å². The molecule has 18 heavy (non-hydrogen) atoms. The van der Waals surface area contributed by atoms with Crippen LogP contribution in [-0.2, 0) is 16.6 Å². The molecule has 8 heteroatoms. The van der Waals surface area contributed by atoms with Crippen LogP contribution in [0.15, 0.2) is 21.6 Å². The third-order valence-electron chi connectivity index (χ3n) is 2.49. The van der Waals surface area contributed by atoms with Crippen LogP contribution in [0.25, 0.3) is 0 Å². The van der Waals surface area contributed by atoms with Crippen LogP contribution in [-0.4, -0.2) is 37.5 Å². The van der Waals surface area contributed by atoms with E-state index in [0.29, 0.717) is 17.6 Å². The molecule has 1 aromatic rings. The minimum absolute atomic E-state index is 0.0589. The fourth-order valence-corrected chi connectivity index (χ4v) is 5.28. The maximum absolute atomic E-state index is 11.9. The molecular weight excluding hydrogens is 292 g/mol. The number of hydrogen-bond donors (Lipinski definition) is 2. The number of hydrogen-bond acceptors (Lipinski definition) is 6. The van der Waals surface area contributed by atoms with Gasteiger partial charge in [-0.25, -0.2) is 13.1 Å². The molecule has 0 amide bonds. The molecule has 1 unspecified atom stereocenters. The highest BCUT2D eigenvalue weighted by molar-refractivity contribution is 8.06. The number of nitrogens with two attached hydrogens (primary N) is 1. The van der Waals surface area contributed by atoms with Gasteiger partial charge in [0.05, 0.1) is 6.54 Å². The van der Waals surface area contributed by atoms with Crippen molar-refractivity contribution < 1.29 is 12.8 Å². The molecule has 1 aliphatic rings. The fraction of sp³-hybridized carbons (Fsp3) is 0.600. The summed E-state index contributed by atoms with van der Waals surface area (Å²) in [5, 5.41) is 0.277. The molecule has 5 nitrogen and oxygen atoms in total. The Balaban J connectivity index is 1.94. The SMILES string of the molecule is NCc1ccc(S(=O)(=O)NCC2CSCCS2)o1. The third-order valence-corrected chi connectivity index (χ3v) is 6.63. The first-order valence-corrected chi connectivity index (χ1v) is 9.28. The molecule has 0 aliphatic carbocycles. The van der Waals surface area contributed by atoms with E-state index in [1.807, 2.05) is 23.5 Å². The topological polar surface area (TPSA) is 85.3 Å². The Hall–Kier alpha value is -0.150. The van der Waals surface area contributed by atoms with Crippen LogP contribution in [0.3, 0.4) is 0 Å². The van der Waals surface area contributed by atoms with E-state index < -0.39 is 10.0 Å². The van der Waals surface area contributed by atoms with Gasteiger partial charge < -0.3 is 10.2 Å². The normalized spacial score (nSPS) is 21.1. The minimum atomic E-state index is -3.54. The standard InChI is InChI=1S/C10H16N2O3S3/c11-5-8-1-2-10(15-8)18(13,14)12-6-9-7-16-3-4-17-9/h1-2,9,12H,3-7,11H2. The van der Waals surface area contributed by atoms with E-state index in [2.05, 4.69) is 4.72 Å². The summed E-state index contributed by atoms with van der Waals surface area (Å²) in [5.74, 6) is 3.68. The second-order valence-corrected chi connectivity index (χ2v) is 8.10. The van der Waals surface area contributed by atoms with Crippen molar-refractivity contribution in [3.8, 4) is 0 Å². The molecule has 0 aromatic carbocycles. The Morgan fingerprint density at radius 1 is 1.44 bits per heavy atom. The molecule has 0 radical (unpaired) electrons. The quantitative estimate of drug-likeness (QED) is 0.839. The Bertz CT molecular complexity index is 480. The lowest BCUT2D eigenvalue weighted by molar-refractivity contribution is 0.413. The second-order valence-electron chi connectivity index (χ2n) is 3.84. The zero-order valence-corrected chi connectivity index (χ0v) is 12.2. The Kier molecular flexibility index (Phi) is 5.02. The summed E-state index contributed by atoms with van der Waals surface area (Å²) in [7, 11) is -3.54. The number of rotatable bonds is 5. The molecule has 0 spiro atoms. The third kappa shape index (κ3) is 3.67. The first-order valence-electron chi connectivity index (χ1n) is 5.59. The van der Waals surface area contributed by atoms with Gasteiger partial charge in [-0.1, -0.05) is 0 Å². The van der Waals surface area contributed by atoms with Crippen LogP contribution in [0.1, 0.15) is 5.76 Å². The molecule has 2 heterocycles. The lowest BCUT2D eigenvalue weighted by Crippen LogP contribution is -2.33. The summed E-state index contributed by atoms with van der Waals surface area (Å²) in [5.41, 5.74) is 5.38. The van der Waals surface area contributed by atoms with Gasteiger partial charge in [0.2, 0.25) is 5.09 Å². The van der Waals surface area contributed by atoms with E-state index in [9.17, 15) is 8.42 Å². The molecule has 1 fully saturated rings. The largest absolute Gasteiger partial charge is 0.447 e. The van der Waals surface area contributed by atoms with Crippen molar-refractivity contribution >= 4 is 33.5 Å². The van der Waals surface area contributed by atoms with Gasteiger partial charge in [-0.05, 0) is 12.1 Å². The molecule has 102 valence electrons. The predicted octanol–water partition coefficient (Wildman–Crippen LogP) is 0.865. The summed E-state index contributed by atoms with van der Waals surface area (Å²) in [6.45, 7) is 0.642. The van der Waals surface area contributed by atoms with Crippen LogP contribution in [0.5, 0.6) is 0 Å². The van der Waals surface area contributed by atoms with Gasteiger partial charge in [-0.15, -0.1) is 0 Å². The van der Waals surface area contributed by atoms with Gasteiger partial charge in [0.1, 0.15) is 5.76 Å². The number of furan rings is 1. The number of nitrogens with one attached hydrogen (secondary N) is 1. The van der Waals surface area contributed by atoms with Crippen molar-refractivity contribution in [2.75, 3.05) is 23.8 Å². The lowest BCUT2D eigenvalue weighted by Gasteiger charge is -2.20. The summed E-state index contributed by atoms with van der Waals surface area (Å²) >= 11 is 3.67. The summed E-state index contributed by atoms with van der Waals surface area (Å²) in [6, 6.07) is 3.02. The maximum Gasteiger partial charge on any atom is 0.273 e. The van der Waals surface area contributed by atoms with E-state index in [-0.39, 0.29) is 11.6 Å². The molecular formula is C10H16N2O3S3. The Morgan fingerprint density at radius 2 is 2.28 bits per heavy atom. The van der Waals surface area contributed by atoms with Crippen LogP contribution < -0.4 is 10.5 Å². The van der Waals surface area contributed by atoms with Crippen molar-refractivity contribution in [1.82, 2.24) is 4.72 Å². The monoisotopic (exact) mass is 308 g/mol. The highest BCUT2D eigenvalue weighted by atomic mass is 32.2. The van der Waals surface area contributed by atoms with Gasteiger partial charge in [0.25, 0.3) is 10.0 Å². The highest BCUT2D eigenvalue weighted by Gasteiger charge is 2.21. The molecule has 3 N–H and O–H groups in total. The van der Waals surface area contributed by atoms with Crippen LogP contribution in [0.4, 0.5) is 0 Å². The van der Waals surface area contributed by atoms with Gasteiger partial charge in [-0.3, -0.25) is 0 Å². The molecule has 1 aromatic heterocycles. The minimum Gasteiger partial charge on any atom is -0.447 e. The number of thioether (sulfide) groups is 2. The van der Waals surface area contributed by atoms with Gasteiger partial charge in [-0.2, -0.15) is 23.5 Å². The Morgan fingerprint density at radius 3 is 2.89 bits per heavy atom. The van der Waals surface area contributed by atoms with E-state index in [0.717, 1.165) is 17.3 Å². The predicted molar refractivity (Wildman–Crippen MR) is 75.4 cm³/mol. The molecule has 1 saturated heterocycles. The first kappa shape index (κ1) is 14.3. The molecule has 0 saturated carbocycles. The van der Waals surface area contributed by atoms with Gasteiger partial charge in [0, 0.05) is 29.1 Å². The lowest BCUT2D eigenvalue weighted by atomic mass is 10.5. The highest BCUT2D eigenvalue weighted by Crippen LogP contribution is 2.23. The van der Waals surface area contributed by atoms with E-state index in [1.165, 1.54) is 6.07 Å². The number of sulfonamides is 1. The van der Waals surface area contributed by atoms with E-state index in [4.69, 9.17) is 10.2 Å². The molecule has 0 bridgehead atoms. The summed E-state index contributed by atoms with van der Waals surface area (Å²) < 4.78 is 31.6. The molecule has 1 aliphatic heterocycles. The van der Waals surface area contributed by atoms with Gasteiger partial charge >= 0.3 is 0 Å². The van der Waals surface area contributed by atoms with Crippen LogP contribution in [0, 0.1) is 0 Å². The molecule has 1 atom stereocenters. The van der Waals surface area contributed by atoms with Crippen molar-refractivity contribution in [3.63, 3.8) is 0 Å². The average molecular weight is 308 g/mol. The Labute approximate surface area is 115 Å². The maximum atomic E-state index is 11.9. The summed E-state index contributed by atoms with van der Waals surface area (Å²) in [4.78, 5) is 0. The summed E-state index contributed by atoms with van der Waals surface area (Å²) in [6.07, 6.45) is 0. The second kappa shape index (κ2) is 6.33. The fourth-order valence-electron chi connectivity index (χ4n) is 1.54. The molecule has 2 rings (SSSR count). The van der Waals surface area contributed by atoms with Crippen molar-refractivity contribution in [1.29, 1.82) is 0 Å². The zero-order valence-electron chi connectivity index (χ0n) is 9.79.